The molecule has 0 aromatic heterocycles. The van der Waals surface area contributed by atoms with E-state index in [1.54, 1.807) is 0 Å². The van der Waals surface area contributed by atoms with Gasteiger partial charge in [-0.3, -0.25) is 5.41 Å². The molecule has 0 aliphatic carbocycles. The van der Waals surface area contributed by atoms with Crippen LogP contribution in [0.1, 0.15) is 47.0 Å². The summed E-state index contributed by atoms with van der Waals surface area (Å²) in [5.74, 6) is 2.22. The molecule has 0 saturated carbocycles. The predicted octanol–water partition coefficient (Wildman–Crippen LogP) is 3.93. The lowest BCUT2D eigenvalue weighted by Gasteiger charge is -2.40. The Kier molecular flexibility index (Phi) is 7.33. The third kappa shape index (κ3) is 5.63. The molecule has 5 nitrogen and oxygen atoms in total. The van der Waals surface area contributed by atoms with Crippen LogP contribution in [0.3, 0.4) is 0 Å². The van der Waals surface area contributed by atoms with Gasteiger partial charge in [-0.2, -0.15) is 0 Å². The monoisotopic (exact) mass is 360 g/mol. The van der Waals surface area contributed by atoms with Crippen LogP contribution in [0.25, 0.3) is 0 Å². The van der Waals surface area contributed by atoms with Crippen LogP contribution in [0.4, 0.5) is 5.69 Å². The van der Waals surface area contributed by atoms with Crippen molar-refractivity contribution in [3.8, 4) is 5.75 Å². The second kappa shape index (κ2) is 9.26. The molecule has 1 aliphatic rings. The number of nitrogens with one attached hydrogen (secondary N) is 1. The Balaban J connectivity index is 2.18. The lowest BCUT2D eigenvalue weighted by Crippen LogP contribution is -2.51. The van der Waals surface area contributed by atoms with Crippen LogP contribution in [-0.2, 0) is 0 Å². The molecule has 0 bridgehead atoms. The number of nitrogens with zero attached hydrogens (tertiary/aromatic N) is 2. The zero-order valence-electron chi connectivity index (χ0n) is 16.9. The van der Waals surface area contributed by atoms with Crippen molar-refractivity contribution in [2.75, 3.05) is 37.7 Å². The third-order valence-corrected chi connectivity index (χ3v) is 5.10. The summed E-state index contributed by atoms with van der Waals surface area (Å²) < 4.78 is 5.70. The number of anilines is 1. The second-order valence-electron chi connectivity index (χ2n) is 8.29. The fraction of sp³-hybridized carbons (Fsp3) is 0.667. The van der Waals surface area contributed by atoms with Crippen molar-refractivity contribution in [1.82, 2.24) is 4.90 Å². The predicted molar refractivity (Wildman–Crippen MR) is 110 cm³/mol. The molecule has 5 heteroatoms. The number of guanidine groups is 1. The zero-order chi connectivity index (χ0) is 19.2. The molecule has 26 heavy (non-hydrogen) atoms. The number of likely N-dealkylation sites (tertiary alicyclic amines) is 1. The van der Waals surface area contributed by atoms with E-state index in [2.05, 4.69) is 49.6 Å². The molecule has 1 aromatic carbocycles. The average molecular weight is 361 g/mol. The number of nitrogens with two attached hydrogens (primary N) is 1. The number of benzene rings is 1. The van der Waals surface area contributed by atoms with Crippen LogP contribution in [0.15, 0.2) is 24.3 Å². The molecule has 0 unspecified atom stereocenters. The van der Waals surface area contributed by atoms with Gasteiger partial charge in [-0.1, -0.05) is 27.7 Å². The molecule has 3 N–H and O–H groups in total. The molecule has 1 aromatic rings. The van der Waals surface area contributed by atoms with E-state index in [0.29, 0.717) is 12.5 Å². The van der Waals surface area contributed by atoms with Crippen molar-refractivity contribution in [3.63, 3.8) is 0 Å². The SMILES string of the molecule is CCCOc1ccc(N(CC(C)(C)CN)C(=N)N2CCC(C)CC2)cc1. The molecule has 146 valence electrons. The Morgan fingerprint density at radius 3 is 2.42 bits per heavy atom. The van der Waals surface area contributed by atoms with Crippen molar-refractivity contribution >= 4 is 11.6 Å². The molecule has 2 rings (SSSR count). The maximum absolute atomic E-state index is 8.84. The molecule has 1 fully saturated rings. The van der Waals surface area contributed by atoms with Crippen molar-refractivity contribution in [2.45, 2.75) is 47.0 Å². The van der Waals surface area contributed by atoms with Crippen LogP contribution in [0.2, 0.25) is 0 Å². The topological polar surface area (TPSA) is 65.6 Å². The minimum Gasteiger partial charge on any atom is -0.494 e. The van der Waals surface area contributed by atoms with Gasteiger partial charge in [0.2, 0.25) is 0 Å². The van der Waals surface area contributed by atoms with Gasteiger partial charge < -0.3 is 20.3 Å². The quantitative estimate of drug-likeness (QED) is 0.571. The highest BCUT2D eigenvalue weighted by molar-refractivity contribution is 5.94. The first kappa shape index (κ1) is 20.6. The van der Waals surface area contributed by atoms with E-state index in [-0.39, 0.29) is 5.41 Å². The highest BCUT2D eigenvalue weighted by atomic mass is 16.5. The molecular formula is C21H36N4O. The standard InChI is InChI=1S/C21H36N4O/c1-5-14-26-19-8-6-18(7-9-19)25(16-21(3,4)15-22)20(23)24-12-10-17(2)11-13-24/h6-9,17,23H,5,10-16,22H2,1-4H3. The van der Waals surface area contributed by atoms with E-state index in [0.717, 1.165) is 62.9 Å². The molecule has 1 saturated heterocycles. The van der Waals surface area contributed by atoms with E-state index < -0.39 is 0 Å². The van der Waals surface area contributed by atoms with Gasteiger partial charge in [-0.25, -0.2) is 0 Å². The minimum absolute atomic E-state index is 0.0627. The van der Waals surface area contributed by atoms with Crippen molar-refractivity contribution in [2.24, 2.45) is 17.1 Å². The fourth-order valence-corrected chi connectivity index (χ4v) is 3.11. The lowest BCUT2D eigenvalue weighted by molar-refractivity contribution is 0.272. The fourth-order valence-electron chi connectivity index (χ4n) is 3.11. The molecule has 0 atom stereocenters. The maximum Gasteiger partial charge on any atom is 0.198 e. The summed E-state index contributed by atoms with van der Waals surface area (Å²) in [5.41, 5.74) is 6.94. The highest BCUT2D eigenvalue weighted by Crippen LogP contribution is 2.26. The van der Waals surface area contributed by atoms with Crippen LogP contribution in [0, 0.1) is 16.7 Å². The Morgan fingerprint density at radius 1 is 1.27 bits per heavy atom. The summed E-state index contributed by atoms with van der Waals surface area (Å²) in [4.78, 5) is 4.31. The number of hydrogen-bond donors (Lipinski definition) is 2. The van der Waals surface area contributed by atoms with Crippen LogP contribution in [0.5, 0.6) is 5.75 Å². The average Bonchev–Trinajstić information content (AvgIpc) is 2.65. The van der Waals surface area contributed by atoms with Crippen molar-refractivity contribution in [1.29, 1.82) is 5.41 Å². The van der Waals surface area contributed by atoms with Gasteiger partial charge in [0, 0.05) is 25.3 Å². The summed E-state index contributed by atoms with van der Waals surface area (Å²) >= 11 is 0. The number of piperidine rings is 1. The molecule has 0 radical (unpaired) electrons. The first-order valence-corrected chi connectivity index (χ1v) is 9.90. The Hall–Kier alpha value is -1.75. The third-order valence-electron chi connectivity index (χ3n) is 5.10. The number of rotatable bonds is 7. The lowest BCUT2D eigenvalue weighted by atomic mass is 9.92. The van der Waals surface area contributed by atoms with Crippen molar-refractivity contribution < 1.29 is 4.74 Å². The van der Waals surface area contributed by atoms with E-state index in [1.165, 1.54) is 0 Å². The molecular weight excluding hydrogens is 324 g/mol. The van der Waals surface area contributed by atoms with Gasteiger partial charge >= 0.3 is 0 Å². The van der Waals surface area contributed by atoms with Crippen molar-refractivity contribution in [3.05, 3.63) is 24.3 Å². The summed E-state index contributed by atoms with van der Waals surface area (Å²) in [6.07, 6.45) is 3.30. The van der Waals surface area contributed by atoms with E-state index in [4.69, 9.17) is 15.9 Å². The smallest absolute Gasteiger partial charge is 0.198 e. The van der Waals surface area contributed by atoms with Gasteiger partial charge in [0.1, 0.15) is 5.75 Å². The first-order valence-electron chi connectivity index (χ1n) is 9.90. The van der Waals surface area contributed by atoms with Crippen LogP contribution < -0.4 is 15.4 Å². The van der Waals surface area contributed by atoms with Gasteiger partial charge in [-0.05, 0) is 61.4 Å². The highest BCUT2D eigenvalue weighted by Gasteiger charge is 2.27. The number of ether oxygens (including phenoxy) is 1. The van der Waals surface area contributed by atoms with Gasteiger partial charge in [0.15, 0.2) is 5.96 Å². The molecule has 1 heterocycles. The summed E-state index contributed by atoms with van der Waals surface area (Å²) in [5, 5.41) is 8.84. The zero-order valence-corrected chi connectivity index (χ0v) is 16.9. The molecule has 0 amide bonds. The summed E-state index contributed by atoms with van der Waals surface area (Å²) in [7, 11) is 0. The normalized spacial score (nSPS) is 15.8. The second-order valence-corrected chi connectivity index (χ2v) is 8.29. The van der Waals surface area contributed by atoms with E-state index >= 15 is 0 Å². The van der Waals surface area contributed by atoms with E-state index in [9.17, 15) is 0 Å². The maximum atomic E-state index is 8.84. The van der Waals surface area contributed by atoms with Crippen LogP contribution in [-0.4, -0.2) is 43.6 Å². The molecule has 0 spiro atoms. The van der Waals surface area contributed by atoms with Gasteiger partial charge in [0.05, 0.1) is 6.61 Å². The summed E-state index contributed by atoms with van der Waals surface area (Å²) in [6, 6.07) is 8.11. The molecule has 1 aliphatic heterocycles. The number of hydrogen-bond acceptors (Lipinski definition) is 3. The minimum atomic E-state index is -0.0627. The Morgan fingerprint density at radius 2 is 1.88 bits per heavy atom. The Labute approximate surface area is 159 Å². The van der Waals surface area contributed by atoms with Gasteiger partial charge in [0.25, 0.3) is 0 Å². The van der Waals surface area contributed by atoms with E-state index in [1.807, 2.05) is 12.1 Å². The largest absolute Gasteiger partial charge is 0.494 e. The van der Waals surface area contributed by atoms with Gasteiger partial charge in [-0.15, -0.1) is 0 Å². The Bertz CT molecular complexity index is 562. The summed E-state index contributed by atoms with van der Waals surface area (Å²) in [6.45, 7) is 12.7. The van der Waals surface area contributed by atoms with Crippen LogP contribution >= 0.6 is 0 Å². The first-order chi connectivity index (χ1) is 12.4.